The van der Waals surface area contributed by atoms with Crippen LogP contribution < -0.4 is 5.32 Å². The van der Waals surface area contributed by atoms with Gasteiger partial charge in [-0.1, -0.05) is 19.3 Å². The van der Waals surface area contributed by atoms with Crippen LogP contribution in [0.3, 0.4) is 0 Å². The lowest BCUT2D eigenvalue weighted by Crippen LogP contribution is -2.47. The molecular weight excluding hydrogens is 443 g/mol. The number of halogens is 1. The Hall–Kier alpha value is -0.570. The van der Waals surface area contributed by atoms with Crippen LogP contribution in [-0.4, -0.2) is 75.2 Å². The highest BCUT2D eigenvalue weighted by atomic mass is 127. The largest absolute Gasteiger partial charge is 0.469 e. The summed E-state index contributed by atoms with van der Waals surface area (Å²) in [6, 6.07) is 0.783. The van der Waals surface area contributed by atoms with E-state index in [9.17, 15) is 4.79 Å². The van der Waals surface area contributed by atoms with Crippen molar-refractivity contribution in [2.75, 3.05) is 47.4 Å². The molecule has 1 N–H and O–H groups in total. The number of nitrogens with one attached hydrogen (secondary N) is 1. The minimum atomic E-state index is -0.0756. The average molecular weight is 480 g/mol. The molecular formula is C19H37IN4O2. The molecule has 0 bridgehead atoms. The molecule has 0 aromatic heterocycles. The number of likely N-dealkylation sites (tertiary alicyclic amines) is 1. The van der Waals surface area contributed by atoms with E-state index in [0.29, 0.717) is 0 Å². The highest BCUT2D eigenvalue weighted by Crippen LogP contribution is 2.21. The van der Waals surface area contributed by atoms with Crippen molar-refractivity contribution in [1.29, 1.82) is 0 Å². The minimum Gasteiger partial charge on any atom is -0.469 e. The second-order valence-electron chi connectivity index (χ2n) is 7.38. The summed E-state index contributed by atoms with van der Waals surface area (Å²) in [6.45, 7) is 3.81. The highest BCUT2D eigenvalue weighted by Gasteiger charge is 2.26. The molecule has 2 fully saturated rings. The van der Waals surface area contributed by atoms with E-state index in [1.807, 2.05) is 7.05 Å². The van der Waals surface area contributed by atoms with Crippen LogP contribution in [0.5, 0.6) is 0 Å². The fraction of sp³-hybridized carbons (Fsp3) is 0.895. The maximum Gasteiger partial charge on any atom is 0.308 e. The Labute approximate surface area is 176 Å². The first kappa shape index (κ1) is 23.5. The number of rotatable bonds is 6. The Kier molecular flexibility index (Phi) is 11.5. The Morgan fingerprint density at radius 1 is 1.19 bits per heavy atom. The van der Waals surface area contributed by atoms with E-state index in [0.717, 1.165) is 57.4 Å². The van der Waals surface area contributed by atoms with E-state index < -0.39 is 0 Å². The molecule has 2 aliphatic rings. The summed E-state index contributed by atoms with van der Waals surface area (Å²) in [5, 5.41) is 3.49. The van der Waals surface area contributed by atoms with Gasteiger partial charge in [0.15, 0.2) is 5.96 Å². The van der Waals surface area contributed by atoms with Crippen molar-refractivity contribution in [1.82, 2.24) is 15.1 Å². The molecule has 2 rings (SSSR count). The van der Waals surface area contributed by atoms with E-state index in [4.69, 9.17) is 4.74 Å². The molecule has 1 heterocycles. The number of esters is 1. The third-order valence-electron chi connectivity index (χ3n) is 5.71. The lowest BCUT2D eigenvalue weighted by molar-refractivity contribution is -0.146. The topological polar surface area (TPSA) is 57.2 Å². The van der Waals surface area contributed by atoms with Crippen LogP contribution in [0.1, 0.15) is 51.4 Å². The molecule has 0 atom stereocenters. The monoisotopic (exact) mass is 480 g/mol. The fourth-order valence-corrected chi connectivity index (χ4v) is 4.06. The number of methoxy groups -OCH3 is 1. The number of carbonyl (C=O) groups is 1. The summed E-state index contributed by atoms with van der Waals surface area (Å²) < 4.78 is 4.86. The zero-order valence-electron chi connectivity index (χ0n) is 16.7. The van der Waals surface area contributed by atoms with Gasteiger partial charge in [-0.2, -0.15) is 0 Å². The summed E-state index contributed by atoms with van der Waals surface area (Å²) in [4.78, 5) is 20.8. The van der Waals surface area contributed by atoms with E-state index in [-0.39, 0.29) is 35.9 Å². The summed E-state index contributed by atoms with van der Waals surface area (Å²) in [6.07, 6.45) is 9.74. The molecule has 0 unspecified atom stereocenters. The first-order chi connectivity index (χ1) is 12.2. The predicted molar refractivity (Wildman–Crippen MR) is 117 cm³/mol. The van der Waals surface area contributed by atoms with Crippen LogP contribution in [0.2, 0.25) is 0 Å². The van der Waals surface area contributed by atoms with Crippen LogP contribution in [-0.2, 0) is 9.53 Å². The highest BCUT2D eigenvalue weighted by molar-refractivity contribution is 14.0. The average Bonchev–Trinajstić information content (AvgIpc) is 2.68. The quantitative estimate of drug-likeness (QED) is 0.208. The molecule has 152 valence electrons. The molecule has 6 nitrogen and oxygen atoms in total. The first-order valence-electron chi connectivity index (χ1n) is 9.89. The van der Waals surface area contributed by atoms with Gasteiger partial charge < -0.3 is 19.9 Å². The van der Waals surface area contributed by atoms with E-state index >= 15 is 0 Å². The van der Waals surface area contributed by atoms with Crippen molar-refractivity contribution in [2.45, 2.75) is 57.4 Å². The molecule has 1 saturated carbocycles. The summed E-state index contributed by atoms with van der Waals surface area (Å²) in [5.74, 6) is 0.931. The molecule has 1 saturated heterocycles. The maximum absolute atomic E-state index is 11.6. The second kappa shape index (κ2) is 12.8. The van der Waals surface area contributed by atoms with Gasteiger partial charge in [-0.15, -0.1) is 24.0 Å². The van der Waals surface area contributed by atoms with Gasteiger partial charge in [-0.25, -0.2) is 0 Å². The number of hydrogen-bond donors (Lipinski definition) is 1. The van der Waals surface area contributed by atoms with Gasteiger partial charge in [0.05, 0.1) is 13.0 Å². The Morgan fingerprint density at radius 2 is 1.85 bits per heavy atom. The molecule has 1 aliphatic carbocycles. The van der Waals surface area contributed by atoms with Crippen LogP contribution in [0.25, 0.3) is 0 Å². The number of hydrogen-bond acceptors (Lipinski definition) is 4. The van der Waals surface area contributed by atoms with Gasteiger partial charge in [0.2, 0.25) is 0 Å². The molecule has 0 aromatic rings. The molecule has 1 aliphatic heterocycles. The number of nitrogens with zero attached hydrogens (tertiary/aromatic N) is 3. The maximum atomic E-state index is 11.6. The lowest BCUT2D eigenvalue weighted by Gasteiger charge is -2.33. The van der Waals surface area contributed by atoms with Crippen molar-refractivity contribution in [3.8, 4) is 0 Å². The lowest BCUT2D eigenvalue weighted by atomic mass is 9.94. The molecule has 7 heteroatoms. The zero-order chi connectivity index (χ0) is 18.1. The second-order valence-corrected chi connectivity index (χ2v) is 7.38. The van der Waals surface area contributed by atoms with Crippen LogP contribution in [0, 0.1) is 5.92 Å². The Morgan fingerprint density at radius 3 is 2.42 bits per heavy atom. The minimum absolute atomic E-state index is 0. The third kappa shape index (κ3) is 7.21. The van der Waals surface area contributed by atoms with E-state index in [1.54, 1.807) is 0 Å². The van der Waals surface area contributed by atoms with Crippen molar-refractivity contribution in [3.05, 3.63) is 0 Å². The predicted octanol–water partition coefficient (Wildman–Crippen LogP) is 2.72. The SMILES string of the molecule is CN=C(NCCCN(C)C1CCCCC1)N1CCC(C(=O)OC)CC1.I. The molecule has 0 amide bonds. The third-order valence-corrected chi connectivity index (χ3v) is 5.71. The first-order valence-corrected chi connectivity index (χ1v) is 9.89. The van der Waals surface area contributed by atoms with Crippen molar-refractivity contribution in [2.24, 2.45) is 10.9 Å². The molecule has 0 aromatic carbocycles. The smallest absolute Gasteiger partial charge is 0.308 e. The molecule has 26 heavy (non-hydrogen) atoms. The van der Waals surface area contributed by atoms with Gasteiger partial charge in [0, 0.05) is 32.7 Å². The normalized spacial score (nSPS) is 20.0. The van der Waals surface area contributed by atoms with E-state index in [1.165, 1.54) is 39.2 Å². The van der Waals surface area contributed by atoms with Crippen molar-refractivity contribution < 1.29 is 9.53 Å². The Bertz CT molecular complexity index is 433. The summed E-state index contributed by atoms with van der Waals surface area (Å²) >= 11 is 0. The number of carbonyl (C=O) groups excluding carboxylic acids is 1. The van der Waals surface area contributed by atoms with Crippen molar-refractivity contribution in [3.63, 3.8) is 0 Å². The molecule has 0 spiro atoms. The van der Waals surface area contributed by atoms with Crippen molar-refractivity contribution >= 4 is 35.9 Å². The van der Waals surface area contributed by atoms with Gasteiger partial charge in [-0.3, -0.25) is 9.79 Å². The Balaban J connectivity index is 0.00000338. The van der Waals surface area contributed by atoms with E-state index in [2.05, 4.69) is 27.2 Å². The fourth-order valence-electron chi connectivity index (χ4n) is 4.06. The number of ether oxygens (including phenoxy) is 1. The molecule has 0 radical (unpaired) electrons. The van der Waals surface area contributed by atoms with Crippen LogP contribution in [0.4, 0.5) is 0 Å². The van der Waals surface area contributed by atoms with Crippen LogP contribution >= 0.6 is 24.0 Å². The van der Waals surface area contributed by atoms with Crippen LogP contribution in [0.15, 0.2) is 4.99 Å². The van der Waals surface area contributed by atoms with Gasteiger partial charge >= 0.3 is 5.97 Å². The van der Waals surface area contributed by atoms with Gasteiger partial charge in [0.1, 0.15) is 0 Å². The standard InChI is InChI=1S/C19H36N4O2.HI/c1-20-19(23-14-10-16(11-15-23)18(24)25-3)21-12-7-13-22(2)17-8-5-4-6-9-17;/h16-17H,4-15H2,1-3H3,(H,20,21);1H. The summed E-state index contributed by atoms with van der Waals surface area (Å²) in [5.41, 5.74) is 0. The van der Waals surface area contributed by atoms with Gasteiger partial charge in [-0.05, 0) is 45.7 Å². The zero-order valence-corrected chi connectivity index (χ0v) is 19.0. The summed E-state index contributed by atoms with van der Waals surface area (Å²) in [7, 11) is 5.57. The number of piperidine rings is 1. The number of guanidine groups is 1. The number of aliphatic imine (C=N–C) groups is 1. The van der Waals surface area contributed by atoms with Gasteiger partial charge in [0.25, 0.3) is 0 Å².